The fourth-order valence-corrected chi connectivity index (χ4v) is 6.62. The maximum atomic E-state index is 6.50. The lowest BCUT2D eigenvalue weighted by Gasteiger charge is -2.12. The minimum Gasteiger partial charge on any atom is -0.456 e. The van der Waals surface area contributed by atoms with Crippen LogP contribution >= 0.6 is 11.6 Å². The van der Waals surface area contributed by atoms with Gasteiger partial charge in [0.15, 0.2) is 11.6 Å². The largest absolute Gasteiger partial charge is 0.456 e. The van der Waals surface area contributed by atoms with Crippen LogP contribution in [0.3, 0.4) is 0 Å². The molecule has 46 heavy (non-hydrogen) atoms. The molecule has 4 nitrogen and oxygen atoms in total. The van der Waals surface area contributed by atoms with Crippen LogP contribution in [-0.4, -0.2) is 15.0 Å². The Morgan fingerprint density at radius 2 is 0.957 bits per heavy atom. The summed E-state index contributed by atoms with van der Waals surface area (Å²) in [7, 11) is 0. The molecule has 0 N–H and O–H groups in total. The van der Waals surface area contributed by atoms with E-state index in [4.69, 9.17) is 21.0 Å². The molecule has 9 aromatic rings. The summed E-state index contributed by atoms with van der Waals surface area (Å²) in [5, 5.41) is 7.07. The van der Waals surface area contributed by atoms with Crippen LogP contribution in [0.15, 0.2) is 150 Å². The van der Waals surface area contributed by atoms with E-state index in [0.717, 1.165) is 44.2 Å². The fourth-order valence-electron chi connectivity index (χ4n) is 6.46. The maximum absolute atomic E-state index is 6.50. The van der Waals surface area contributed by atoms with Crippen LogP contribution in [0, 0.1) is 0 Å². The Morgan fingerprint density at radius 3 is 1.80 bits per heavy atom. The first-order chi connectivity index (χ1) is 22.7. The van der Waals surface area contributed by atoms with Crippen LogP contribution < -0.4 is 0 Å². The second kappa shape index (κ2) is 10.7. The van der Waals surface area contributed by atoms with Crippen molar-refractivity contribution in [3.8, 4) is 45.0 Å². The number of rotatable bonds is 4. The molecule has 0 unspecified atom stereocenters. The Labute approximate surface area is 269 Å². The third kappa shape index (κ3) is 4.50. The third-order valence-corrected chi connectivity index (χ3v) is 8.83. The number of halogens is 1. The van der Waals surface area contributed by atoms with Gasteiger partial charge in [-0.05, 0) is 91.8 Å². The molecular weight excluding hydrogens is 586 g/mol. The van der Waals surface area contributed by atoms with E-state index in [0.29, 0.717) is 11.6 Å². The van der Waals surface area contributed by atoms with Gasteiger partial charge in [-0.1, -0.05) is 109 Å². The van der Waals surface area contributed by atoms with E-state index in [1.165, 1.54) is 32.7 Å². The summed E-state index contributed by atoms with van der Waals surface area (Å²) < 4.78 is 6.01. The molecule has 0 radical (unpaired) electrons. The van der Waals surface area contributed by atoms with Crippen LogP contribution in [0.4, 0.5) is 0 Å². The highest BCUT2D eigenvalue weighted by atomic mass is 35.5. The number of fused-ring (bicyclic) bond motifs is 5. The molecule has 2 aromatic heterocycles. The second-order valence-corrected chi connectivity index (χ2v) is 11.7. The van der Waals surface area contributed by atoms with Crippen molar-refractivity contribution in [2.45, 2.75) is 0 Å². The molecule has 0 bridgehead atoms. The predicted octanol–water partition coefficient (Wildman–Crippen LogP) is 11.4. The molecule has 2 heterocycles. The zero-order valence-corrected chi connectivity index (χ0v) is 25.2. The number of para-hydroxylation sites is 1. The third-order valence-electron chi connectivity index (χ3n) is 8.66. The smallest absolute Gasteiger partial charge is 0.226 e. The maximum Gasteiger partial charge on any atom is 0.226 e. The van der Waals surface area contributed by atoms with Gasteiger partial charge in [-0.25, -0.2) is 4.98 Å². The first-order valence-electron chi connectivity index (χ1n) is 15.1. The molecule has 0 spiro atoms. The van der Waals surface area contributed by atoms with Gasteiger partial charge in [0.1, 0.15) is 11.2 Å². The average Bonchev–Trinajstić information content (AvgIpc) is 3.49. The molecule has 0 saturated carbocycles. The van der Waals surface area contributed by atoms with E-state index in [1.54, 1.807) is 0 Å². The standard InChI is InChI=1S/C41H24ClN3O/c42-41-44-39(43-40(45-41)30-20-21-38-36(24-30)34-14-3-4-17-37(34)46-38)29-12-5-11-27(22-29)28-19-18-26-10-7-16-33(35(26)23-28)32-15-6-9-25-8-1-2-13-31(25)32/h1-24H. The molecule has 0 fully saturated rings. The van der Waals surface area contributed by atoms with Gasteiger partial charge in [0.05, 0.1) is 0 Å². The molecule has 7 aromatic carbocycles. The first kappa shape index (κ1) is 26.6. The molecule has 0 atom stereocenters. The van der Waals surface area contributed by atoms with Crippen molar-refractivity contribution >= 4 is 55.1 Å². The molecule has 5 heteroatoms. The topological polar surface area (TPSA) is 51.8 Å². The Hall–Kier alpha value is -5.84. The van der Waals surface area contributed by atoms with Gasteiger partial charge in [0, 0.05) is 21.9 Å². The van der Waals surface area contributed by atoms with E-state index < -0.39 is 0 Å². The lowest BCUT2D eigenvalue weighted by Crippen LogP contribution is -1.97. The Balaban J connectivity index is 1.13. The highest BCUT2D eigenvalue weighted by Crippen LogP contribution is 2.37. The zero-order valence-electron chi connectivity index (χ0n) is 24.5. The van der Waals surface area contributed by atoms with Gasteiger partial charge < -0.3 is 4.42 Å². The van der Waals surface area contributed by atoms with E-state index in [9.17, 15) is 0 Å². The monoisotopic (exact) mass is 609 g/mol. The van der Waals surface area contributed by atoms with Gasteiger partial charge in [-0.3, -0.25) is 0 Å². The summed E-state index contributed by atoms with van der Waals surface area (Å²) in [6.07, 6.45) is 0. The molecular formula is C41H24ClN3O. The van der Waals surface area contributed by atoms with Crippen molar-refractivity contribution < 1.29 is 4.42 Å². The van der Waals surface area contributed by atoms with Crippen molar-refractivity contribution in [3.05, 3.63) is 151 Å². The fraction of sp³-hybridized carbons (Fsp3) is 0. The lowest BCUT2D eigenvalue weighted by atomic mass is 9.92. The van der Waals surface area contributed by atoms with Gasteiger partial charge in [0.25, 0.3) is 0 Å². The van der Waals surface area contributed by atoms with Gasteiger partial charge >= 0.3 is 0 Å². The zero-order chi connectivity index (χ0) is 30.6. The van der Waals surface area contributed by atoms with Crippen LogP contribution in [0.1, 0.15) is 0 Å². The summed E-state index contributed by atoms with van der Waals surface area (Å²) in [5.74, 6) is 1.03. The van der Waals surface area contributed by atoms with Crippen LogP contribution in [0.25, 0.3) is 88.5 Å². The molecule has 0 aliphatic heterocycles. The number of nitrogens with zero attached hydrogens (tertiary/aromatic N) is 3. The number of hydrogen-bond donors (Lipinski definition) is 0. The average molecular weight is 610 g/mol. The number of aromatic nitrogens is 3. The summed E-state index contributed by atoms with van der Waals surface area (Å²) in [4.78, 5) is 13.9. The van der Waals surface area contributed by atoms with Crippen LogP contribution in [-0.2, 0) is 0 Å². The summed E-state index contributed by atoms with van der Waals surface area (Å²) >= 11 is 6.50. The number of furan rings is 1. The van der Waals surface area contributed by atoms with E-state index in [-0.39, 0.29) is 5.28 Å². The van der Waals surface area contributed by atoms with E-state index in [1.807, 2.05) is 42.5 Å². The van der Waals surface area contributed by atoms with E-state index in [2.05, 4.69) is 113 Å². The van der Waals surface area contributed by atoms with Crippen molar-refractivity contribution in [1.29, 1.82) is 0 Å². The number of benzene rings is 7. The molecule has 216 valence electrons. The molecule has 9 rings (SSSR count). The van der Waals surface area contributed by atoms with Gasteiger partial charge in [-0.15, -0.1) is 0 Å². The summed E-state index contributed by atoms with van der Waals surface area (Å²) in [5.41, 5.74) is 7.98. The predicted molar refractivity (Wildman–Crippen MR) is 189 cm³/mol. The van der Waals surface area contributed by atoms with Crippen LogP contribution in [0.2, 0.25) is 5.28 Å². The number of hydrogen-bond acceptors (Lipinski definition) is 4. The summed E-state index contributed by atoms with van der Waals surface area (Å²) in [6, 6.07) is 50.5. The van der Waals surface area contributed by atoms with Crippen molar-refractivity contribution in [2.24, 2.45) is 0 Å². The Morgan fingerprint density at radius 1 is 0.391 bits per heavy atom. The normalized spacial score (nSPS) is 11.6. The highest BCUT2D eigenvalue weighted by Gasteiger charge is 2.14. The quantitative estimate of drug-likeness (QED) is 0.199. The molecule has 0 saturated heterocycles. The van der Waals surface area contributed by atoms with Crippen molar-refractivity contribution in [3.63, 3.8) is 0 Å². The molecule has 0 amide bonds. The highest BCUT2D eigenvalue weighted by molar-refractivity contribution is 6.28. The molecule has 0 aliphatic rings. The SMILES string of the molecule is Clc1nc(-c2cccc(-c3ccc4cccc(-c5cccc6ccccc56)c4c3)c2)nc(-c2ccc3oc4ccccc4c3c2)n1. The van der Waals surface area contributed by atoms with Gasteiger partial charge in [0.2, 0.25) is 5.28 Å². The van der Waals surface area contributed by atoms with E-state index >= 15 is 0 Å². The summed E-state index contributed by atoms with van der Waals surface area (Å²) in [6.45, 7) is 0. The molecule has 0 aliphatic carbocycles. The van der Waals surface area contributed by atoms with Crippen molar-refractivity contribution in [1.82, 2.24) is 15.0 Å². The second-order valence-electron chi connectivity index (χ2n) is 11.4. The Bertz CT molecular complexity index is 2620. The lowest BCUT2D eigenvalue weighted by molar-refractivity contribution is 0.669. The van der Waals surface area contributed by atoms with Gasteiger partial charge in [-0.2, -0.15) is 9.97 Å². The van der Waals surface area contributed by atoms with Crippen molar-refractivity contribution in [2.75, 3.05) is 0 Å². The van der Waals surface area contributed by atoms with Crippen LogP contribution in [0.5, 0.6) is 0 Å². The minimum absolute atomic E-state index is 0.146. The first-order valence-corrected chi connectivity index (χ1v) is 15.5. The minimum atomic E-state index is 0.146. The Kier molecular flexibility index (Phi) is 6.15.